The largest absolute Gasteiger partial charge is 0.330 e. The van der Waals surface area contributed by atoms with Gasteiger partial charge in [0.15, 0.2) is 0 Å². The van der Waals surface area contributed by atoms with E-state index in [-0.39, 0.29) is 11.9 Å². The van der Waals surface area contributed by atoms with Gasteiger partial charge in [-0.15, -0.1) is 0 Å². The molecule has 0 radical (unpaired) electrons. The Morgan fingerprint density at radius 2 is 1.83 bits per heavy atom. The molecule has 3 heteroatoms. The summed E-state index contributed by atoms with van der Waals surface area (Å²) in [5, 5.41) is 3.29. The van der Waals surface area contributed by atoms with Crippen molar-refractivity contribution in [3.8, 4) is 0 Å². The fourth-order valence-electron chi connectivity index (χ4n) is 3.40. The Morgan fingerprint density at radius 3 is 2.58 bits per heavy atom. The predicted molar refractivity (Wildman–Crippen MR) is 97.9 cm³/mol. The summed E-state index contributed by atoms with van der Waals surface area (Å²) in [6.07, 6.45) is 0.926. The summed E-state index contributed by atoms with van der Waals surface area (Å²) >= 11 is 0. The van der Waals surface area contributed by atoms with Crippen LogP contribution in [0, 0.1) is 5.92 Å². The molecule has 3 nitrogen and oxygen atoms in total. The van der Waals surface area contributed by atoms with Gasteiger partial charge in [-0.3, -0.25) is 4.79 Å². The summed E-state index contributed by atoms with van der Waals surface area (Å²) in [5.74, 6) is 0.726. The minimum atomic E-state index is 0.0181. The highest BCUT2D eigenvalue weighted by Gasteiger charge is 2.31. The number of carbonyl (C=O) groups excluding carboxylic acids is 1. The molecule has 1 aliphatic heterocycles. The molecule has 0 bridgehead atoms. The third-order valence-electron chi connectivity index (χ3n) is 4.55. The van der Waals surface area contributed by atoms with E-state index in [1.165, 1.54) is 16.7 Å². The summed E-state index contributed by atoms with van der Waals surface area (Å²) in [7, 11) is 0. The first-order valence-corrected chi connectivity index (χ1v) is 8.79. The summed E-state index contributed by atoms with van der Waals surface area (Å²) in [6, 6.07) is 18.9. The van der Waals surface area contributed by atoms with Gasteiger partial charge in [0.1, 0.15) is 0 Å². The van der Waals surface area contributed by atoms with E-state index in [2.05, 4.69) is 55.6 Å². The van der Waals surface area contributed by atoms with Gasteiger partial charge in [0.05, 0.1) is 12.6 Å². The van der Waals surface area contributed by atoms with Crippen LogP contribution in [0.3, 0.4) is 0 Å². The minimum absolute atomic E-state index is 0.0181. The van der Waals surface area contributed by atoms with Gasteiger partial charge in [0, 0.05) is 6.54 Å². The molecule has 0 fully saturated rings. The monoisotopic (exact) mass is 322 g/mol. The van der Waals surface area contributed by atoms with E-state index >= 15 is 0 Å². The maximum absolute atomic E-state index is 12.8. The van der Waals surface area contributed by atoms with E-state index < -0.39 is 0 Å². The van der Waals surface area contributed by atoms with Gasteiger partial charge in [0.2, 0.25) is 5.91 Å². The number of fused-ring (bicyclic) bond motifs is 1. The zero-order valence-corrected chi connectivity index (χ0v) is 14.5. The smallest absolute Gasteiger partial charge is 0.237 e. The fourth-order valence-corrected chi connectivity index (χ4v) is 3.40. The minimum Gasteiger partial charge on any atom is -0.330 e. The lowest BCUT2D eigenvalue weighted by Crippen LogP contribution is -2.45. The molecule has 0 saturated carbocycles. The molecular weight excluding hydrogens is 296 g/mol. The van der Waals surface area contributed by atoms with Crippen LogP contribution in [-0.4, -0.2) is 30.4 Å². The van der Waals surface area contributed by atoms with E-state index in [4.69, 9.17) is 0 Å². The highest BCUT2D eigenvalue weighted by Crippen LogP contribution is 2.34. The molecule has 1 atom stereocenters. The lowest BCUT2D eigenvalue weighted by atomic mass is 9.88. The quantitative estimate of drug-likeness (QED) is 0.915. The maximum Gasteiger partial charge on any atom is 0.237 e. The van der Waals surface area contributed by atoms with E-state index in [1.807, 2.05) is 23.1 Å². The number of amides is 1. The molecule has 3 rings (SSSR count). The number of nitrogens with one attached hydrogen (secondary N) is 1. The van der Waals surface area contributed by atoms with Crippen molar-refractivity contribution in [1.29, 1.82) is 0 Å². The van der Waals surface area contributed by atoms with Crippen LogP contribution in [0.2, 0.25) is 0 Å². The molecule has 126 valence electrons. The van der Waals surface area contributed by atoms with Gasteiger partial charge in [0.25, 0.3) is 0 Å². The van der Waals surface area contributed by atoms with Crippen LogP contribution in [0.25, 0.3) is 0 Å². The molecule has 0 spiro atoms. The Kier molecular flexibility index (Phi) is 5.31. The van der Waals surface area contributed by atoms with Gasteiger partial charge >= 0.3 is 0 Å². The highest BCUT2D eigenvalue weighted by molar-refractivity contribution is 5.79. The summed E-state index contributed by atoms with van der Waals surface area (Å²) in [4.78, 5) is 14.9. The number of hydrogen-bond acceptors (Lipinski definition) is 2. The van der Waals surface area contributed by atoms with Crippen LogP contribution in [0.5, 0.6) is 0 Å². The van der Waals surface area contributed by atoms with Crippen molar-refractivity contribution in [2.24, 2.45) is 5.92 Å². The lowest BCUT2D eigenvalue weighted by molar-refractivity contribution is -0.132. The second kappa shape index (κ2) is 7.63. The Bertz CT molecular complexity index is 681. The maximum atomic E-state index is 12.8. The second-order valence-electron chi connectivity index (χ2n) is 6.87. The van der Waals surface area contributed by atoms with Crippen LogP contribution in [0.4, 0.5) is 0 Å². The zero-order chi connectivity index (χ0) is 16.9. The Labute approximate surface area is 144 Å². The van der Waals surface area contributed by atoms with Crippen molar-refractivity contribution in [3.05, 3.63) is 71.3 Å². The summed E-state index contributed by atoms with van der Waals surface area (Å²) in [6.45, 7) is 6.36. The summed E-state index contributed by atoms with van der Waals surface area (Å²) < 4.78 is 0. The first-order valence-electron chi connectivity index (χ1n) is 8.79. The van der Waals surface area contributed by atoms with E-state index in [1.54, 1.807) is 0 Å². The number of benzene rings is 2. The number of nitrogens with zero attached hydrogens (tertiary/aromatic N) is 1. The highest BCUT2D eigenvalue weighted by atomic mass is 16.2. The Hall–Kier alpha value is -2.13. The fraction of sp³-hybridized carbons (Fsp3) is 0.381. The molecule has 1 heterocycles. The average Bonchev–Trinajstić information content (AvgIpc) is 2.61. The SMILES string of the molecule is CC(C)CNCC(=O)N1CCc2ccccc2C1c1ccccc1. The van der Waals surface area contributed by atoms with Crippen molar-refractivity contribution in [1.82, 2.24) is 10.2 Å². The van der Waals surface area contributed by atoms with Crippen molar-refractivity contribution in [2.75, 3.05) is 19.6 Å². The van der Waals surface area contributed by atoms with Crippen LogP contribution in [-0.2, 0) is 11.2 Å². The van der Waals surface area contributed by atoms with E-state index in [9.17, 15) is 4.79 Å². The lowest BCUT2D eigenvalue weighted by Gasteiger charge is -2.38. The van der Waals surface area contributed by atoms with E-state index in [0.717, 1.165) is 19.5 Å². The first kappa shape index (κ1) is 16.7. The molecular formula is C21H26N2O. The molecule has 2 aromatic carbocycles. The van der Waals surface area contributed by atoms with Crippen LogP contribution >= 0.6 is 0 Å². The zero-order valence-electron chi connectivity index (χ0n) is 14.5. The number of carbonyl (C=O) groups is 1. The standard InChI is InChI=1S/C21H26N2O/c1-16(2)14-22-15-20(24)23-13-12-17-8-6-7-11-19(17)21(23)18-9-4-3-5-10-18/h3-11,16,21-22H,12-15H2,1-2H3. The molecule has 1 unspecified atom stereocenters. The molecule has 1 aliphatic rings. The third kappa shape index (κ3) is 3.68. The van der Waals surface area contributed by atoms with Gasteiger partial charge in [-0.25, -0.2) is 0 Å². The van der Waals surface area contributed by atoms with Crippen molar-refractivity contribution >= 4 is 5.91 Å². The van der Waals surface area contributed by atoms with Crippen molar-refractivity contribution in [2.45, 2.75) is 26.3 Å². The average molecular weight is 322 g/mol. The molecule has 1 amide bonds. The van der Waals surface area contributed by atoms with Gasteiger partial charge in [-0.05, 0) is 35.6 Å². The molecule has 24 heavy (non-hydrogen) atoms. The van der Waals surface area contributed by atoms with Gasteiger partial charge in [-0.2, -0.15) is 0 Å². The second-order valence-corrected chi connectivity index (χ2v) is 6.87. The molecule has 0 aromatic heterocycles. The topological polar surface area (TPSA) is 32.3 Å². The molecule has 0 saturated heterocycles. The first-order chi connectivity index (χ1) is 11.7. The molecule has 1 N–H and O–H groups in total. The van der Waals surface area contributed by atoms with Crippen LogP contribution < -0.4 is 5.32 Å². The van der Waals surface area contributed by atoms with Crippen LogP contribution in [0.15, 0.2) is 54.6 Å². The van der Waals surface area contributed by atoms with E-state index in [0.29, 0.717) is 12.5 Å². The summed E-state index contributed by atoms with van der Waals surface area (Å²) in [5.41, 5.74) is 3.79. The number of rotatable bonds is 5. The Morgan fingerprint density at radius 1 is 1.12 bits per heavy atom. The molecule has 2 aromatic rings. The van der Waals surface area contributed by atoms with Gasteiger partial charge in [-0.1, -0.05) is 68.4 Å². The van der Waals surface area contributed by atoms with Crippen LogP contribution in [0.1, 0.15) is 36.6 Å². The normalized spacial score (nSPS) is 17.0. The van der Waals surface area contributed by atoms with Gasteiger partial charge < -0.3 is 10.2 Å². The van der Waals surface area contributed by atoms with Crippen molar-refractivity contribution in [3.63, 3.8) is 0 Å². The molecule has 0 aliphatic carbocycles. The number of hydrogen-bond donors (Lipinski definition) is 1. The van der Waals surface area contributed by atoms with Crippen molar-refractivity contribution < 1.29 is 4.79 Å². The Balaban J connectivity index is 1.87. The third-order valence-corrected chi connectivity index (χ3v) is 4.55. The predicted octanol–water partition coefficient (Wildman–Crippen LogP) is 3.41.